The molecule has 1 fully saturated rings. The fourth-order valence-corrected chi connectivity index (χ4v) is 3.94. The molecule has 1 aliphatic rings. The Labute approximate surface area is 112 Å². The number of rotatable bonds is 6. The Bertz CT molecular complexity index is 183. The highest BCUT2D eigenvalue weighted by Gasteiger charge is 2.19. The minimum Gasteiger partial charge on any atom is -0.327 e. The van der Waals surface area contributed by atoms with Gasteiger partial charge >= 0.3 is 0 Å². The van der Waals surface area contributed by atoms with Gasteiger partial charge in [-0.15, -0.1) is 0 Å². The SMILES string of the molecule is CCN(CC)CCSC1CCCCCCC1N. The molecule has 0 aromatic carbocycles. The molecule has 0 aliphatic heterocycles. The highest BCUT2D eigenvalue weighted by Crippen LogP contribution is 2.26. The summed E-state index contributed by atoms with van der Waals surface area (Å²) in [6, 6.07) is 0.442. The molecule has 2 N–H and O–H groups in total. The second-order valence-corrected chi connectivity index (χ2v) is 6.44. The molecule has 0 saturated heterocycles. The van der Waals surface area contributed by atoms with Crippen LogP contribution in [-0.2, 0) is 0 Å². The largest absolute Gasteiger partial charge is 0.327 e. The molecule has 1 saturated carbocycles. The van der Waals surface area contributed by atoms with Gasteiger partial charge in [0.05, 0.1) is 0 Å². The smallest absolute Gasteiger partial charge is 0.0199 e. The van der Waals surface area contributed by atoms with E-state index in [2.05, 4.69) is 30.5 Å². The Kier molecular flexibility index (Phi) is 8.33. The molecule has 102 valence electrons. The summed E-state index contributed by atoms with van der Waals surface area (Å²) in [5.74, 6) is 1.25. The summed E-state index contributed by atoms with van der Waals surface area (Å²) in [6.07, 6.45) is 8.11. The minimum absolute atomic E-state index is 0.442. The highest BCUT2D eigenvalue weighted by atomic mass is 32.2. The van der Waals surface area contributed by atoms with Crippen molar-refractivity contribution in [3.63, 3.8) is 0 Å². The van der Waals surface area contributed by atoms with Gasteiger partial charge in [-0.2, -0.15) is 11.8 Å². The lowest BCUT2D eigenvalue weighted by molar-refractivity contribution is 0.323. The van der Waals surface area contributed by atoms with Crippen molar-refractivity contribution in [2.75, 3.05) is 25.4 Å². The van der Waals surface area contributed by atoms with Crippen molar-refractivity contribution in [3.8, 4) is 0 Å². The van der Waals surface area contributed by atoms with Gasteiger partial charge in [0.15, 0.2) is 0 Å². The van der Waals surface area contributed by atoms with Crippen LogP contribution in [-0.4, -0.2) is 41.6 Å². The van der Waals surface area contributed by atoms with Crippen LogP contribution >= 0.6 is 11.8 Å². The molecular weight excluding hydrogens is 228 g/mol. The Morgan fingerprint density at radius 1 is 1.06 bits per heavy atom. The molecule has 17 heavy (non-hydrogen) atoms. The lowest BCUT2D eigenvalue weighted by Crippen LogP contribution is -2.34. The molecule has 1 rings (SSSR count). The number of nitrogens with zero attached hydrogens (tertiary/aromatic N) is 1. The van der Waals surface area contributed by atoms with E-state index >= 15 is 0 Å². The predicted octanol–water partition coefficient (Wildman–Crippen LogP) is 3.11. The third-order valence-corrected chi connectivity index (χ3v) is 5.32. The van der Waals surface area contributed by atoms with E-state index in [9.17, 15) is 0 Å². The maximum Gasteiger partial charge on any atom is 0.0199 e. The zero-order chi connectivity index (χ0) is 12.5. The van der Waals surface area contributed by atoms with Crippen molar-refractivity contribution in [1.82, 2.24) is 4.90 Å². The number of thioether (sulfide) groups is 1. The van der Waals surface area contributed by atoms with E-state index in [1.165, 1.54) is 63.9 Å². The van der Waals surface area contributed by atoms with E-state index in [0.29, 0.717) is 11.3 Å². The maximum atomic E-state index is 6.30. The van der Waals surface area contributed by atoms with Crippen molar-refractivity contribution >= 4 is 11.8 Å². The molecular formula is C14H30N2S. The van der Waals surface area contributed by atoms with Crippen LogP contribution in [0.4, 0.5) is 0 Å². The Balaban J connectivity index is 2.22. The van der Waals surface area contributed by atoms with Crippen LogP contribution in [0.15, 0.2) is 0 Å². The molecule has 3 heteroatoms. The van der Waals surface area contributed by atoms with Gasteiger partial charge in [0, 0.05) is 23.6 Å². The lowest BCUT2D eigenvalue weighted by Gasteiger charge is -2.27. The molecule has 2 atom stereocenters. The van der Waals surface area contributed by atoms with Crippen LogP contribution in [0.1, 0.15) is 52.4 Å². The molecule has 0 bridgehead atoms. The van der Waals surface area contributed by atoms with Gasteiger partial charge in [0.2, 0.25) is 0 Å². The topological polar surface area (TPSA) is 29.3 Å². The number of hydrogen-bond acceptors (Lipinski definition) is 3. The minimum atomic E-state index is 0.442. The zero-order valence-electron chi connectivity index (χ0n) is 11.7. The lowest BCUT2D eigenvalue weighted by atomic mass is 9.97. The Morgan fingerprint density at radius 2 is 1.71 bits per heavy atom. The summed E-state index contributed by atoms with van der Waals surface area (Å²) in [5, 5.41) is 0.714. The van der Waals surface area contributed by atoms with Crippen LogP contribution in [0.5, 0.6) is 0 Å². The molecule has 2 unspecified atom stereocenters. The summed E-state index contributed by atoms with van der Waals surface area (Å²) in [5.41, 5.74) is 6.30. The second kappa shape index (κ2) is 9.23. The van der Waals surface area contributed by atoms with Crippen LogP contribution < -0.4 is 5.73 Å². The van der Waals surface area contributed by atoms with Gasteiger partial charge in [-0.25, -0.2) is 0 Å². The molecule has 0 aromatic heterocycles. The second-order valence-electron chi connectivity index (χ2n) is 5.09. The summed E-state index contributed by atoms with van der Waals surface area (Å²) < 4.78 is 0. The van der Waals surface area contributed by atoms with Crippen molar-refractivity contribution in [1.29, 1.82) is 0 Å². The van der Waals surface area contributed by atoms with Gasteiger partial charge in [0.1, 0.15) is 0 Å². The molecule has 0 heterocycles. The van der Waals surface area contributed by atoms with E-state index in [4.69, 9.17) is 5.73 Å². The monoisotopic (exact) mass is 258 g/mol. The van der Waals surface area contributed by atoms with Crippen molar-refractivity contribution < 1.29 is 0 Å². The molecule has 0 aromatic rings. The Morgan fingerprint density at radius 3 is 2.35 bits per heavy atom. The van der Waals surface area contributed by atoms with Gasteiger partial charge in [0.25, 0.3) is 0 Å². The van der Waals surface area contributed by atoms with E-state index in [-0.39, 0.29) is 0 Å². The van der Waals surface area contributed by atoms with Gasteiger partial charge < -0.3 is 10.6 Å². The fraction of sp³-hybridized carbons (Fsp3) is 1.00. The van der Waals surface area contributed by atoms with E-state index in [0.717, 1.165) is 0 Å². The average Bonchev–Trinajstić information content (AvgIpc) is 2.33. The highest BCUT2D eigenvalue weighted by molar-refractivity contribution is 8.00. The molecule has 2 nitrogen and oxygen atoms in total. The first kappa shape index (κ1) is 15.3. The summed E-state index contributed by atoms with van der Waals surface area (Å²) in [7, 11) is 0. The summed E-state index contributed by atoms with van der Waals surface area (Å²) >= 11 is 2.12. The first-order valence-electron chi connectivity index (χ1n) is 7.37. The van der Waals surface area contributed by atoms with Crippen LogP contribution in [0, 0.1) is 0 Å². The average molecular weight is 258 g/mol. The maximum absolute atomic E-state index is 6.30. The Hall–Kier alpha value is 0.270. The van der Waals surface area contributed by atoms with E-state index in [1.54, 1.807) is 0 Å². The molecule has 1 aliphatic carbocycles. The van der Waals surface area contributed by atoms with Crippen molar-refractivity contribution in [2.24, 2.45) is 5.73 Å². The quantitative estimate of drug-likeness (QED) is 0.794. The van der Waals surface area contributed by atoms with Crippen LogP contribution in [0.25, 0.3) is 0 Å². The molecule has 0 spiro atoms. The first-order valence-corrected chi connectivity index (χ1v) is 8.42. The van der Waals surface area contributed by atoms with E-state index < -0.39 is 0 Å². The standard InChI is InChI=1S/C14H30N2S/c1-3-16(4-2)11-12-17-14-10-8-6-5-7-9-13(14)15/h13-14H,3-12,15H2,1-2H3. The normalized spacial score (nSPS) is 26.8. The summed E-state index contributed by atoms with van der Waals surface area (Å²) in [4.78, 5) is 2.50. The number of nitrogens with two attached hydrogens (primary N) is 1. The first-order chi connectivity index (χ1) is 8.27. The van der Waals surface area contributed by atoms with Gasteiger partial charge in [-0.05, 0) is 25.9 Å². The third kappa shape index (κ3) is 6.12. The third-order valence-electron chi connectivity index (χ3n) is 3.89. The zero-order valence-corrected chi connectivity index (χ0v) is 12.5. The molecule has 0 amide bonds. The van der Waals surface area contributed by atoms with Gasteiger partial charge in [-0.3, -0.25) is 0 Å². The van der Waals surface area contributed by atoms with Crippen LogP contribution in [0.3, 0.4) is 0 Å². The van der Waals surface area contributed by atoms with Crippen molar-refractivity contribution in [2.45, 2.75) is 63.7 Å². The molecule has 0 radical (unpaired) electrons. The van der Waals surface area contributed by atoms with Crippen LogP contribution in [0.2, 0.25) is 0 Å². The van der Waals surface area contributed by atoms with Gasteiger partial charge in [-0.1, -0.05) is 39.5 Å². The van der Waals surface area contributed by atoms with Crippen molar-refractivity contribution in [3.05, 3.63) is 0 Å². The fourth-order valence-electron chi connectivity index (χ4n) is 2.56. The number of hydrogen-bond donors (Lipinski definition) is 1. The summed E-state index contributed by atoms with van der Waals surface area (Å²) in [6.45, 7) is 8.06. The van der Waals surface area contributed by atoms with E-state index in [1.807, 2.05) is 0 Å². The predicted molar refractivity (Wildman–Crippen MR) is 79.7 cm³/mol.